The van der Waals surface area contributed by atoms with Crippen LogP contribution in [0, 0.1) is 5.92 Å². The van der Waals surface area contributed by atoms with Crippen LogP contribution < -0.4 is 5.32 Å². The van der Waals surface area contributed by atoms with Crippen LogP contribution in [0.15, 0.2) is 24.3 Å². The second-order valence-corrected chi connectivity index (χ2v) is 6.01. The van der Waals surface area contributed by atoms with Crippen LogP contribution in [-0.4, -0.2) is 18.6 Å². The molecule has 1 unspecified atom stereocenters. The lowest BCUT2D eigenvalue weighted by Gasteiger charge is -2.26. The third-order valence-electron chi connectivity index (χ3n) is 4.10. The number of nitrogens with one attached hydrogen (secondary N) is 1. The average Bonchev–Trinajstić information content (AvgIpc) is 2.75. The summed E-state index contributed by atoms with van der Waals surface area (Å²) in [4.78, 5) is 12.3. The van der Waals surface area contributed by atoms with Crippen LogP contribution in [-0.2, 0) is 9.53 Å². The minimum Gasteiger partial charge on any atom is -0.464 e. The molecule has 21 heavy (non-hydrogen) atoms. The van der Waals surface area contributed by atoms with Crippen molar-refractivity contribution in [2.75, 3.05) is 11.9 Å². The Kier molecular flexibility index (Phi) is 6.37. The first-order chi connectivity index (χ1) is 10.2. The molecule has 1 N–H and O–H groups in total. The zero-order valence-electron chi connectivity index (χ0n) is 12.6. The van der Waals surface area contributed by atoms with Gasteiger partial charge < -0.3 is 10.1 Å². The summed E-state index contributed by atoms with van der Waals surface area (Å²) in [6.45, 7) is 2.25. The molecule has 1 aromatic rings. The number of carbonyl (C=O) groups excluding carboxylic acids is 1. The van der Waals surface area contributed by atoms with Crippen molar-refractivity contribution in [1.82, 2.24) is 0 Å². The van der Waals surface area contributed by atoms with E-state index in [1.165, 1.54) is 25.7 Å². The van der Waals surface area contributed by atoms with Crippen LogP contribution in [0.3, 0.4) is 0 Å². The smallest absolute Gasteiger partial charge is 0.328 e. The number of hydrogen-bond donors (Lipinski definition) is 1. The third-order valence-corrected chi connectivity index (χ3v) is 4.43. The quantitative estimate of drug-likeness (QED) is 0.635. The monoisotopic (exact) mass is 309 g/mol. The van der Waals surface area contributed by atoms with Crippen LogP contribution in [0.25, 0.3) is 0 Å². The summed E-state index contributed by atoms with van der Waals surface area (Å²) in [5, 5.41) is 3.96. The molecule has 0 heterocycles. The Bertz CT molecular complexity index is 456. The molecular weight excluding hydrogens is 286 g/mol. The molecule has 0 saturated heterocycles. The van der Waals surface area contributed by atoms with Gasteiger partial charge in [0.25, 0.3) is 0 Å². The summed E-state index contributed by atoms with van der Waals surface area (Å²) < 4.78 is 5.27. The zero-order chi connectivity index (χ0) is 15.1. The van der Waals surface area contributed by atoms with E-state index in [1.54, 1.807) is 0 Å². The first kappa shape index (κ1) is 16.2. The van der Waals surface area contributed by atoms with Gasteiger partial charge in [0.1, 0.15) is 6.04 Å². The van der Waals surface area contributed by atoms with Crippen LogP contribution in [0.1, 0.15) is 45.4 Å². The molecule has 0 radical (unpaired) electrons. The molecule has 116 valence electrons. The van der Waals surface area contributed by atoms with E-state index in [-0.39, 0.29) is 12.0 Å². The fourth-order valence-corrected chi connectivity index (χ4v) is 3.18. The van der Waals surface area contributed by atoms with Gasteiger partial charge in [-0.15, -0.1) is 0 Å². The van der Waals surface area contributed by atoms with Gasteiger partial charge in [0.05, 0.1) is 17.3 Å². The van der Waals surface area contributed by atoms with Gasteiger partial charge in [0.15, 0.2) is 0 Å². The third kappa shape index (κ3) is 4.63. The van der Waals surface area contributed by atoms with Gasteiger partial charge in [-0.2, -0.15) is 0 Å². The van der Waals surface area contributed by atoms with Crippen LogP contribution >= 0.6 is 11.6 Å². The first-order valence-corrected chi connectivity index (χ1v) is 8.28. The maximum atomic E-state index is 12.3. The highest BCUT2D eigenvalue weighted by Gasteiger charge is 2.30. The highest BCUT2D eigenvalue weighted by molar-refractivity contribution is 6.33. The SMILES string of the molecule is CCOC(=O)C(Nc1ccccc1Cl)C1CCCCCC1. The Morgan fingerprint density at radius 1 is 1.29 bits per heavy atom. The van der Waals surface area contributed by atoms with E-state index in [2.05, 4.69) is 5.32 Å². The molecule has 0 amide bonds. The fraction of sp³-hybridized carbons (Fsp3) is 0.588. The molecule has 0 aliphatic heterocycles. The van der Waals surface area contributed by atoms with Crippen molar-refractivity contribution in [3.05, 3.63) is 29.3 Å². The molecule has 0 aromatic heterocycles. The second kappa shape index (κ2) is 8.28. The predicted octanol–water partition coefficient (Wildman–Crippen LogP) is 4.65. The van der Waals surface area contributed by atoms with Crippen molar-refractivity contribution in [2.45, 2.75) is 51.5 Å². The first-order valence-electron chi connectivity index (χ1n) is 7.90. The lowest BCUT2D eigenvalue weighted by atomic mass is 9.91. The van der Waals surface area contributed by atoms with Gasteiger partial charge in [-0.05, 0) is 37.8 Å². The molecule has 1 aliphatic rings. The molecule has 4 heteroatoms. The van der Waals surface area contributed by atoms with Gasteiger partial charge in [-0.1, -0.05) is 49.4 Å². The molecule has 1 fully saturated rings. The van der Waals surface area contributed by atoms with Crippen LogP contribution in [0.4, 0.5) is 5.69 Å². The number of ether oxygens (including phenoxy) is 1. The molecule has 0 bridgehead atoms. The summed E-state index contributed by atoms with van der Waals surface area (Å²) in [6, 6.07) is 7.25. The summed E-state index contributed by atoms with van der Waals surface area (Å²) in [6.07, 6.45) is 7.04. The normalized spacial score (nSPS) is 17.8. The predicted molar refractivity (Wildman–Crippen MR) is 86.7 cm³/mol. The fourth-order valence-electron chi connectivity index (χ4n) is 2.99. The van der Waals surface area contributed by atoms with E-state index in [1.807, 2.05) is 31.2 Å². The van der Waals surface area contributed by atoms with Crippen LogP contribution in [0.2, 0.25) is 5.02 Å². The molecule has 1 atom stereocenters. The van der Waals surface area contributed by atoms with E-state index < -0.39 is 0 Å². The van der Waals surface area contributed by atoms with E-state index >= 15 is 0 Å². The van der Waals surface area contributed by atoms with Gasteiger partial charge in [-0.25, -0.2) is 4.79 Å². The molecule has 2 rings (SSSR count). The standard InChI is InChI=1S/C17H24ClNO2/c1-2-21-17(20)16(13-9-5-3-4-6-10-13)19-15-12-8-7-11-14(15)18/h7-8,11-13,16,19H,2-6,9-10H2,1H3. The van der Waals surface area contributed by atoms with Crippen molar-refractivity contribution in [1.29, 1.82) is 0 Å². The summed E-state index contributed by atoms with van der Waals surface area (Å²) in [7, 11) is 0. The lowest BCUT2D eigenvalue weighted by molar-refractivity contribution is -0.145. The Labute approximate surface area is 132 Å². The molecular formula is C17H24ClNO2. The van der Waals surface area contributed by atoms with E-state index in [0.29, 0.717) is 17.5 Å². The van der Waals surface area contributed by atoms with Crippen molar-refractivity contribution < 1.29 is 9.53 Å². The minimum absolute atomic E-state index is 0.163. The molecule has 3 nitrogen and oxygen atoms in total. The maximum absolute atomic E-state index is 12.3. The number of halogens is 1. The van der Waals surface area contributed by atoms with Crippen molar-refractivity contribution in [2.24, 2.45) is 5.92 Å². The van der Waals surface area contributed by atoms with E-state index in [9.17, 15) is 4.79 Å². The number of esters is 1. The zero-order valence-corrected chi connectivity index (χ0v) is 13.4. The summed E-state index contributed by atoms with van der Waals surface area (Å²) in [5.74, 6) is 0.159. The van der Waals surface area contributed by atoms with Crippen molar-refractivity contribution in [3.8, 4) is 0 Å². The van der Waals surface area contributed by atoms with Crippen molar-refractivity contribution in [3.63, 3.8) is 0 Å². The molecule has 0 spiro atoms. The van der Waals surface area contributed by atoms with E-state index in [4.69, 9.17) is 16.3 Å². The number of hydrogen-bond acceptors (Lipinski definition) is 3. The molecule has 1 aliphatic carbocycles. The maximum Gasteiger partial charge on any atom is 0.328 e. The molecule has 1 aromatic carbocycles. The summed E-state index contributed by atoms with van der Waals surface area (Å²) in [5.41, 5.74) is 0.807. The Hall–Kier alpha value is -1.22. The van der Waals surface area contributed by atoms with Gasteiger partial charge in [-0.3, -0.25) is 0 Å². The second-order valence-electron chi connectivity index (χ2n) is 5.61. The Balaban J connectivity index is 2.15. The number of anilines is 1. The Morgan fingerprint density at radius 3 is 2.57 bits per heavy atom. The molecule has 1 saturated carbocycles. The average molecular weight is 310 g/mol. The van der Waals surface area contributed by atoms with Crippen molar-refractivity contribution >= 4 is 23.3 Å². The number of rotatable bonds is 5. The largest absolute Gasteiger partial charge is 0.464 e. The number of para-hydroxylation sites is 1. The number of benzene rings is 1. The lowest BCUT2D eigenvalue weighted by Crippen LogP contribution is -2.38. The highest BCUT2D eigenvalue weighted by Crippen LogP contribution is 2.30. The Morgan fingerprint density at radius 2 is 1.95 bits per heavy atom. The van der Waals surface area contributed by atoms with Gasteiger partial charge in [0, 0.05) is 0 Å². The van der Waals surface area contributed by atoms with Gasteiger partial charge in [0.2, 0.25) is 0 Å². The van der Waals surface area contributed by atoms with E-state index in [0.717, 1.165) is 18.5 Å². The van der Waals surface area contributed by atoms with Crippen LogP contribution in [0.5, 0.6) is 0 Å². The topological polar surface area (TPSA) is 38.3 Å². The highest BCUT2D eigenvalue weighted by atomic mass is 35.5. The summed E-state index contributed by atoms with van der Waals surface area (Å²) >= 11 is 6.21. The minimum atomic E-state index is -0.303. The number of carbonyl (C=O) groups is 1. The van der Waals surface area contributed by atoms with Gasteiger partial charge >= 0.3 is 5.97 Å².